The zero-order valence-corrected chi connectivity index (χ0v) is 57.9. The Balaban J connectivity index is 0.864. The third kappa shape index (κ3) is 23.9. The number of carboxylic acid groups (broad SMARTS) is 1. The number of carbonyl (C=O) groups is 8. The molecule has 3 saturated heterocycles. The van der Waals surface area contributed by atoms with Crippen LogP contribution < -0.4 is 46.8 Å². The third-order valence-corrected chi connectivity index (χ3v) is 22.4. The van der Waals surface area contributed by atoms with Gasteiger partial charge < -0.3 is 73.3 Å². The maximum absolute atomic E-state index is 13.7. The molecule has 5 amide bonds. The Hall–Kier alpha value is -7.16. The molecule has 3 fully saturated rings. The van der Waals surface area contributed by atoms with Gasteiger partial charge in [-0.2, -0.15) is 4.72 Å². The van der Waals surface area contributed by atoms with Crippen molar-refractivity contribution >= 4 is 119 Å². The molecule has 522 valence electrons. The molecule has 2 aromatic carbocycles. The van der Waals surface area contributed by atoms with Gasteiger partial charge in [-0.25, -0.2) is 13.4 Å². The van der Waals surface area contributed by atoms with E-state index < -0.39 is 150 Å². The number of benzene rings is 2. The normalized spacial score (nSPS) is 18.9. The van der Waals surface area contributed by atoms with E-state index in [-0.39, 0.29) is 105 Å². The second-order valence-corrected chi connectivity index (χ2v) is 31.1. The van der Waals surface area contributed by atoms with Crippen molar-refractivity contribution in [3.63, 3.8) is 0 Å². The zero-order chi connectivity index (χ0) is 69.4. The summed E-state index contributed by atoms with van der Waals surface area (Å²) in [7, 11) is -12.0. The molecular formula is C55H79InN14O22S3. The number of H-pyrrole nitrogens is 1. The van der Waals surface area contributed by atoms with Crippen molar-refractivity contribution in [2.45, 2.75) is 56.3 Å². The SMILES string of the molecule is C=C1CN2CCN3CCN(CC(=O)N[C@@H](CS(O)(O)O)C(=O)N[C@@H](CS(O)(O)O)C(=O)NCCNC(=O)CCCOc4cc(C)c(S(=O)(=O)NC(CNC(=O)c5cn(C)c6cc(CNc7ncc[nH]7)ccc6c5=O)C(=O)O)c(C)c4)CCN(CC2)CC(=O)[O][In]([O]1)[O]C(=O)C3. The molecule has 95 heavy (non-hydrogen) atoms. The number of carbonyl (C=O) groups excluding carboxylic acids is 7. The van der Waals surface area contributed by atoms with Gasteiger partial charge in [-0.1, -0.05) is 6.07 Å². The number of aryl methyl sites for hydroxylation is 3. The number of pyridine rings is 1. The Morgan fingerprint density at radius 3 is 1.93 bits per heavy atom. The van der Waals surface area contributed by atoms with E-state index in [1.54, 1.807) is 56.9 Å². The summed E-state index contributed by atoms with van der Waals surface area (Å²) < 4.78 is 114. The van der Waals surface area contributed by atoms with E-state index in [4.69, 9.17) is 13.3 Å². The number of nitrogens with zero attached hydrogens (tertiary/aromatic N) is 6. The van der Waals surface area contributed by atoms with Gasteiger partial charge in [-0.15, -0.1) is 0 Å². The van der Waals surface area contributed by atoms with E-state index in [1.165, 1.54) is 32.2 Å². The third-order valence-electron chi connectivity index (χ3n) is 15.0. The summed E-state index contributed by atoms with van der Waals surface area (Å²) in [6.45, 7) is 7.80. The summed E-state index contributed by atoms with van der Waals surface area (Å²) in [5.41, 5.74) is 0.708. The average molecular weight is 1500 g/mol. The minimum absolute atomic E-state index is 0.0507. The molecule has 0 aliphatic carbocycles. The number of aromatic nitrogens is 3. The number of aliphatic carboxylic acids is 1. The Labute approximate surface area is 557 Å². The number of rotatable bonds is 28. The maximum atomic E-state index is 13.7. The number of sulfonamides is 1. The fourth-order valence-electron chi connectivity index (χ4n) is 10.4. The summed E-state index contributed by atoms with van der Waals surface area (Å²) in [4.78, 5) is 133. The molecule has 36 nitrogen and oxygen atoms in total. The Bertz CT molecular complexity index is 3570. The first-order chi connectivity index (χ1) is 44.8. The number of carboxylic acids is 1. The van der Waals surface area contributed by atoms with Crippen molar-refractivity contribution in [2.24, 2.45) is 7.05 Å². The van der Waals surface area contributed by atoms with Crippen LogP contribution in [0.4, 0.5) is 5.95 Å². The van der Waals surface area contributed by atoms with E-state index in [0.717, 1.165) is 5.56 Å². The van der Waals surface area contributed by atoms with Crippen LogP contribution in [0.25, 0.3) is 10.9 Å². The van der Waals surface area contributed by atoms with Gasteiger partial charge in [0.05, 0.1) is 44.5 Å². The molecule has 5 atom stereocenters. The molecule has 40 heteroatoms. The predicted octanol–water partition coefficient (Wildman–Crippen LogP) is -1.69. The van der Waals surface area contributed by atoms with Crippen LogP contribution in [0, 0.1) is 13.8 Å². The van der Waals surface area contributed by atoms with Gasteiger partial charge in [-0.3, -0.25) is 28.8 Å². The minimum atomic E-state index is -4.57. The molecule has 4 aromatic rings. The zero-order valence-electron chi connectivity index (χ0n) is 52.1. The van der Waals surface area contributed by atoms with Crippen LogP contribution in [0.2, 0.25) is 0 Å². The van der Waals surface area contributed by atoms with Crippen LogP contribution in [0.15, 0.2) is 71.0 Å². The summed E-state index contributed by atoms with van der Waals surface area (Å²) in [6, 6.07) is 1.99. The van der Waals surface area contributed by atoms with Crippen LogP contribution in [0.3, 0.4) is 0 Å². The first-order valence-electron chi connectivity index (χ1n) is 29.6. The van der Waals surface area contributed by atoms with Gasteiger partial charge in [0.15, 0.2) is 5.95 Å². The van der Waals surface area contributed by atoms with E-state index in [1.807, 2.05) is 0 Å². The predicted molar refractivity (Wildman–Crippen MR) is 344 cm³/mol. The van der Waals surface area contributed by atoms with Gasteiger partial charge in [0, 0.05) is 63.6 Å². The van der Waals surface area contributed by atoms with E-state index in [0.29, 0.717) is 56.5 Å². The summed E-state index contributed by atoms with van der Waals surface area (Å²) in [6.07, 6.45) is 4.55. The van der Waals surface area contributed by atoms with Crippen molar-refractivity contribution in [3.8, 4) is 5.75 Å². The standard InChI is InChI=1S/C55H82N14O22S3.In/c1-34-22-38(23-35(2)50(34)94(89,90)64-41(54(81)82)26-60-51(78)40-28-65(4)44-24-37(7-8-39(44)49(40)77)25-61-55-58-11-12-59-55)91-21-5-6-45(71)56-9-10-57-52(79)42(32-92(83,84)85)63-53(80)43(33-93(86,87)88)62-46(72)29-67-15-19-68(30-47(73)74)17-13-66(27-36(3)70)14-18-69(20-16-67)31-48(75)76;/h7-8,11-12,22-24,28,41-43,64,70,83-88H,3,5-6,9-10,13-21,25-27,29-33H2,1-2,4H3,(H,56,71)(H,57,79)(H,60,78)(H,62,72)(H,63,80)(H,73,74)(H,75,76)(H,81,82)(H2,58,59,61);/q;+3/p-3/t41?,42-,43-;/m0./s1. The summed E-state index contributed by atoms with van der Waals surface area (Å²) in [5, 5.41) is 25.0. The second-order valence-electron chi connectivity index (χ2n) is 22.6. The van der Waals surface area contributed by atoms with Crippen LogP contribution in [0.5, 0.6) is 5.75 Å². The summed E-state index contributed by atoms with van der Waals surface area (Å²) >= 11 is -4.16. The molecule has 4 bridgehead atoms. The van der Waals surface area contributed by atoms with Gasteiger partial charge in [0.25, 0.3) is 5.91 Å². The molecule has 5 heterocycles. The fraction of sp³-hybridized carbons (Fsp3) is 0.491. The Morgan fingerprint density at radius 1 is 0.747 bits per heavy atom. The Morgan fingerprint density at radius 2 is 1.34 bits per heavy atom. The van der Waals surface area contributed by atoms with Crippen molar-refractivity contribution in [1.29, 1.82) is 0 Å². The molecular weight excluding hydrogens is 1420 g/mol. The van der Waals surface area contributed by atoms with Crippen molar-refractivity contribution in [2.75, 3.05) is 122 Å². The van der Waals surface area contributed by atoms with Crippen LogP contribution in [-0.2, 0) is 65.7 Å². The van der Waals surface area contributed by atoms with Crippen molar-refractivity contribution < 1.29 is 92.5 Å². The van der Waals surface area contributed by atoms with Crippen LogP contribution in [-0.4, -0.2) is 280 Å². The molecule has 0 spiro atoms. The number of nitrogens with one attached hydrogen (secondary N) is 8. The fourth-order valence-corrected chi connectivity index (χ4v) is 16.4. The number of aromatic amines is 1. The summed E-state index contributed by atoms with van der Waals surface area (Å²) in [5.74, 6) is -9.10. The quantitative estimate of drug-likeness (QED) is 0.0282. The monoisotopic (exact) mass is 1500 g/mol. The van der Waals surface area contributed by atoms with Gasteiger partial charge >= 0.3 is 203 Å². The van der Waals surface area contributed by atoms with Gasteiger partial charge in [-0.05, 0) is 61.2 Å². The number of fused-ring (bicyclic) bond motifs is 8. The molecule has 3 aliphatic heterocycles. The Kier molecular flexibility index (Phi) is 27.1. The molecule has 3 unspecified atom stereocenters. The molecule has 3 aliphatic rings. The van der Waals surface area contributed by atoms with Crippen molar-refractivity contribution in [1.82, 2.24) is 65.4 Å². The van der Waals surface area contributed by atoms with Crippen molar-refractivity contribution in [3.05, 3.63) is 93.7 Å². The number of amides is 5. The molecule has 0 radical (unpaired) electrons. The average Bonchev–Trinajstić information content (AvgIpc) is 1.43. The number of anilines is 1. The molecule has 2 aromatic heterocycles. The van der Waals surface area contributed by atoms with E-state index in [2.05, 4.69) is 58.1 Å². The topological polar surface area (TPSA) is 497 Å². The van der Waals surface area contributed by atoms with Gasteiger partial charge in [0.1, 0.15) is 23.4 Å². The molecule has 15 N–H and O–H groups in total. The number of hydrogen-bond acceptors (Lipinski definition) is 27. The number of ether oxygens (including phenoxy) is 1. The van der Waals surface area contributed by atoms with E-state index in [9.17, 15) is 84.0 Å². The first-order valence-corrected chi connectivity index (χ1v) is 38.5. The second kappa shape index (κ2) is 34.2. The van der Waals surface area contributed by atoms with Gasteiger partial charge in [0.2, 0.25) is 27.3 Å². The number of hydrogen-bond donors (Lipinski definition) is 15. The molecule has 7 rings (SSSR count). The number of imidazole rings is 1. The van der Waals surface area contributed by atoms with E-state index >= 15 is 0 Å². The first kappa shape index (κ1) is 75.2. The van der Waals surface area contributed by atoms with Crippen LogP contribution in [0.1, 0.15) is 39.9 Å². The molecule has 0 saturated carbocycles. The van der Waals surface area contributed by atoms with Crippen LogP contribution >= 0.6 is 21.7 Å².